The Bertz CT molecular complexity index is 538. The maximum Gasteiger partial charge on any atom is 0.333 e. The number of hydrogen-bond donors (Lipinski definition) is 1. The first-order valence-electron chi connectivity index (χ1n) is 7.37. The summed E-state index contributed by atoms with van der Waals surface area (Å²) in [6.45, 7) is 11.9. The fourth-order valence-corrected chi connectivity index (χ4v) is 3.18. The Morgan fingerprint density at radius 2 is 1.90 bits per heavy atom. The van der Waals surface area contributed by atoms with Crippen LogP contribution in [0.2, 0.25) is 0 Å². The Hall–Kier alpha value is -1.78. The number of hydrogen-bond acceptors (Lipinski definition) is 4. The molecule has 1 aliphatic carbocycles. The molecule has 1 aromatic carbocycles. The molecule has 1 fully saturated rings. The third-order valence-electron chi connectivity index (χ3n) is 5.30. The van der Waals surface area contributed by atoms with Gasteiger partial charge in [-0.25, -0.2) is 0 Å². The molecule has 0 radical (unpaired) electrons. The molecule has 0 spiro atoms. The first-order chi connectivity index (χ1) is 9.73. The number of para-hydroxylation sites is 1. The summed E-state index contributed by atoms with van der Waals surface area (Å²) in [5.74, 6) is 0.821. The Labute approximate surface area is 125 Å². The minimum atomic E-state index is -0.378. The highest BCUT2D eigenvalue weighted by Gasteiger charge is 2.64. The van der Waals surface area contributed by atoms with Crippen molar-refractivity contribution in [1.82, 2.24) is 0 Å². The molecule has 116 valence electrons. The van der Waals surface area contributed by atoms with E-state index in [-0.39, 0.29) is 21.4 Å². The van der Waals surface area contributed by atoms with Crippen molar-refractivity contribution in [3.05, 3.63) is 28.3 Å². The van der Waals surface area contributed by atoms with Gasteiger partial charge in [-0.05, 0) is 35.8 Å². The summed E-state index contributed by atoms with van der Waals surface area (Å²) in [6.07, 6.45) is 0. The van der Waals surface area contributed by atoms with Crippen LogP contribution >= 0.6 is 0 Å². The molecule has 1 N–H and O–H groups in total. The lowest BCUT2D eigenvalue weighted by Crippen LogP contribution is -2.10. The fraction of sp³-hybridized carbons (Fsp3) is 0.625. The van der Waals surface area contributed by atoms with Crippen LogP contribution in [-0.2, 0) is 0 Å². The van der Waals surface area contributed by atoms with E-state index >= 15 is 0 Å². The largest absolute Gasteiger partial charge is 0.487 e. The van der Waals surface area contributed by atoms with Gasteiger partial charge >= 0.3 is 5.69 Å². The Balaban J connectivity index is 2.18. The highest BCUT2D eigenvalue weighted by molar-refractivity contribution is 5.68. The van der Waals surface area contributed by atoms with Crippen LogP contribution in [0.5, 0.6) is 5.75 Å². The van der Waals surface area contributed by atoms with Crippen LogP contribution in [0.3, 0.4) is 0 Å². The van der Waals surface area contributed by atoms with Crippen molar-refractivity contribution in [3.8, 4) is 5.75 Å². The van der Waals surface area contributed by atoms with E-state index in [1.165, 1.54) is 0 Å². The van der Waals surface area contributed by atoms with E-state index in [9.17, 15) is 10.1 Å². The summed E-state index contributed by atoms with van der Waals surface area (Å²) in [7, 11) is 0. The molecule has 0 heterocycles. The van der Waals surface area contributed by atoms with Crippen LogP contribution in [0, 0.1) is 26.9 Å². The lowest BCUT2D eigenvalue weighted by molar-refractivity contribution is -0.384. The van der Waals surface area contributed by atoms with Crippen molar-refractivity contribution in [2.24, 2.45) is 16.7 Å². The van der Waals surface area contributed by atoms with Crippen molar-refractivity contribution >= 4 is 11.4 Å². The van der Waals surface area contributed by atoms with E-state index in [1.54, 1.807) is 18.2 Å². The van der Waals surface area contributed by atoms with Crippen molar-refractivity contribution in [2.75, 3.05) is 18.5 Å². The first-order valence-corrected chi connectivity index (χ1v) is 7.37. The molecule has 0 saturated heterocycles. The van der Waals surface area contributed by atoms with E-state index < -0.39 is 0 Å². The third kappa shape index (κ3) is 2.57. The number of nitro benzene ring substituents is 1. The monoisotopic (exact) mass is 292 g/mol. The summed E-state index contributed by atoms with van der Waals surface area (Å²) in [5.41, 5.74) is 1.07. The summed E-state index contributed by atoms with van der Waals surface area (Å²) < 4.78 is 5.36. The van der Waals surface area contributed by atoms with Crippen LogP contribution in [0.25, 0.3) is 0 Å². The molecule has 0 atom stereocenters. The van der Waals surface area contributed by atoms with Gasteiger partial charge in [-0.2, -0.15) is 0 Å². The number of anilines is 1. The van der Waals surface area contributed by atoms with Gasteiger partial charge in [0, 0.05) is 6.54 Å². The summed E-state index contributed by atoms with van der Waals surface area (Å²) >= 11 is 0. The Morgan fingerprint density at radius 1 is 1.29 bits per heavy atom. The van der Waals surface area contributed by atoms with Crippen molar-refractivity contribution in [2.45, 2.75) is 34.6 Å². The molecule has 1 aromatic rings. The molecule has 5 heteroatoms. The Kier molecular flexibility index (Phi) is 3.87. The predicted molar refractivity (Wildman–Crippen MR) is 83.8 cm³/mol. The highest BCUT2D eigenvalue weighted by atomic mass is 16.6. The van der Waals surface area contributed by atoms with Crippen molar-refractivity contribution < 1.29 is 9.66 Å². The molecule has 0 unspecified atom stereocenters. The van der Waals surface area contributed by atoms with Crippen LogP contribution in [0.15, 0.2) is 18.2 Å². The molecular formula is C16H24N2O3. The summed E-state index contributed by atoms with van der Waals surface area (Å²) in [6, 6.07) is 5.16. The minimum absolute atomic E-state index is 0.0237. The van der Waals surface area contributed by atoms with Crippen molar-refractivity contribution in [3.63, 3.8) is 0 Å². The van der Waals surface area contributed by atoms with Crippen LogP contribution < -0.4 is 10.1 Å². The second kappa shape index (κ2) is 5.20. The zero-order valence-electron chi connectivity index (χ0n) is 13.4. The Morgan fingerprint density at radius 3 is 2.38 bits per heavy atom. The smallest absolute Gasteiger partial charge is 0.333 e. The predicted octanol–water partition coefficient (Wildman–Crippen LogP) is 4.09. The second-order valence-electron chi connectivity index (χ2n) is 6.72. The average Bonchev–Trinajstić information content (AvgIpc) is 2.77. The molecule has 1 saturated carbocycles. The number of nitrogens with one attached hydrogen (secondary N) is 1. The van der Waals surface area contributed by atoms with E-state index in [0.29, 0.717) is 24.0 Å². The van der Waals surface area contributed by atoms with Gasteiger partial charge in [-0.1, -0.05) is 33.8 Å². The van der Waals surface area contributed by atoms with Gasteiger partial charge in [-0.3, -0.25) is 10.1 Å². The zero-order valence-corrected chi connectivity index (χ0v) is 13.4. The number of ether oxygens (including phenoxy) is 1. The molecule has 5 nitrogen and oxygen atoms in total. The molecule has 0 aromatic heterocycles. The second-order valence-corrected chi connectivity index (χ2v) is 6.72. The van der Waals surface area contributed by atoms with Gasteiger partial charge in [0.1, 0.15) is 5.69 Å². The van der Waals surface area contributed by atoms with Crippen LogP contribution in [-0.4, -0.2) is 18.1 Å². The number of nitro groups is 1. The van der Waals surface area contributed by atoms with E-state index in [1.807, 2.05) is 6.92 Å². The van der Waals surface area contributed by atoms with Crippen molar-refractivity contribution in [1.29, 1.82) is 0 Å². The standard InChI is InChI=1S/C16H24N2O3/c1-6-21-12-9-7-8-11(14(12)18(19)20)17-10-13-15(2,3)16(13,4)5/h7-9,13,17H,6,10H2,1-5H3. The molecule has 1 aliphatic rings. The highest BCUT2D eigenvalue weighted by Crippen LogP contribution is 2.68. The van der Waals surface area contributed by atoms with E-state index in [0.717, 1.165) is 6.54 Å². The topological polar surface area (TPSA) is 64.4 Å². The number of benzene rings is 1. The average molecular weight is 292 g/mol. The summed E-state index contributed by atoms with van der Waals surface area (Å²) in [5, 5.41) is 14.6. The van der Waals surface area contributed by atoms with Gasteiger partial charge in [0.15, 0.2) is 5.75 Å². The van der Waals surface area contributed by atoms with Gasteiger partial charge in [-0.15, -0.1) is 0 Å². The molecule has 0 aliphatic heterocycles. The van der Waals surface area contributed by atoms with Crippen LogP contribution in [0.1, 0.15) is 34.6 Å². The zero-order chi connectivity index (χ0) is 15.8. The number of nitrogens with zero attached hydrogens (tertiary/aromatic N) is 1. The lowest BCUT2D eigenvalue weighted by atomic mass is 10.0. The quantitative estimate of drug-likeness (QED) is 0.633. The maximum atomic E-state index is 11.3. The summed E-state index contributed by atoms with van der Waals surface area (Å²) in [4.78, 5) is 10.9. The normalized spacial score (nSPS) is 19.1. The minimum Gasteiger partial charge on any atom is -0.487 e. The maximum absolute atomic E-state index is 11.3. The molecule has 0 bridgehead atoms. The number of rotatable bonds is 6. The molecule has 2 rings (SSSR count). The molecule has 0 amide bonds. The van der Waals surface area contributed by atoms with E-state index in [4.69, 9.17) is 4.74 Å². The van der Waals surface area contributed by atoms with Crippen LogP contribution in [0.4, 0.5) is 11.4 Å². The fourth-order valence-electron chi connectivity index (χ4n) is 3.18. The SMILES string of the molecule is CCOc1cccc(NCC2C(C)(C)C2(C)C)c1[N+](=O)[O-]. The van der Waals surface area contributed by atoms with Gasteiger partial charge in [0.25, 0.3) is 0 Å². The lowest BCUT2D eigenvalue weighted by Gasteiger charge is -2.11. The third-order valence-corrected chi connectivity index (χ3v) is 5.30. The molecular weight excluding hydrogens is 268 g/mol. The van der Waals surface area contributed by atoms with E-state index in [2.05, 4.69) is 33.0 Å². The van der Waals surface area contributed by atoms with Gasteiger partial charge in [0.05, 0.1) is 11.5 Å². The first kappa shape index (κ1) is 15.6. The van der Waals surface area contributed by atoms with Gasteiger partial charge < -0.3 is 10.1 Å². The van der Waals surface area contributed by atoms with Gasteiger partial charge in [0.2, 0.25) is 0 Å². The molecule has 21 heavy (non-hydrogen) atoms.